The molecule has 7 heteroatoms. The molecule has 0 saturated heterocycles. The number of carbonyl (C=O) groups excluding carboxylic acids is 2. The summed E-state index contributed by atoms with van der Waals surface area (Å²) in [6.07, 6.45) is 1.50. The van der Waals surface area contributed by atoms with Crippen LogP contribution in [-0.4, -0.2) is 54.2 Å². The summed E-state index contributed by atoms with van der Waals surface area (Å²) < 4.78 is 5.58. The van der Waals surface area contributed by atoms with Crippen LogP contribution < -0.4 is 5.32 Å². The molecule has 174 valence electrons. The molecule has 0 unspecified atom stereocenters. The van der Waals surface area contributed by atoms with Crippen molar-refractivity contribution >= 4 is 18.0 Å². The van der Waals surface area contributed by atoms with Gasteiger partial charge in [0.05, 0.1) is 11.8 Å². The Bertz CT molecular complexity index is 1000. The molecule has 7 nitrogen and oxygen atoms in total. The predicted octanol–water partition coefficient (Wildman–Crippen LogP) is 4.02. The van der Waals surface area contributed by atoms with Crippen molar-refractivity contribution in [1.29, 1.82) is 0 Å². The number of carboxylic acid groups (broad SMARTS) is 1. The lowest BCUT2D eigenvalue weighted by Crippen LogP contribution is -2.44. The van der Waals surface area contributed by atoms with Gasteiger partial charge < -0.3 is 20.1 Å². The molecule has 0 aliphatic heterocycles. The van der Waals surface area contributed by atoms with E-state index in [0.717, 1.165) is 17.5 Å². The van der Waals surface area contributed by atoms with Gasteiger partial charge in [-0.05, 0) is 41.5 Å². The fourth-order valence-electron chi connectivity index (χ4n) is 4.66. The molecule has 2 aromatic rings. The van der Waals surface area contributed by atoms with Crippen LogP contribution in [0.25, 0.3) is 11.1 Å². The van der Waals surface area contributed by atoms with E-state index < -0.39 is 17.5 Å². The smallest absolute Gasteiger partial charge is 0.407 e. The molecule has 0 spiro atoms. The van der Waals surface area contributed by atoms with Crippen molar-refractivity contribution in [2.45, 2.75) is 38.5 Å². The summed E-state index contributed by atoms with van der Waals surface area (Å²) in [5.41, 5.74) is 3.99. The number of carboxylic acids is 1. The van der Waals surface area contributed by atoms with E-state index in [1.807, 2.05) is 31.2 Å². The van der Waals surface area contributed by atoms with Gasteiger partial charge in [0, 0.05) is 25.6 Å². The number of alkyl carbamates (subject to hydrolysis) is 1. The van der Waals surface area contributed by atoms with Gasteiger partial charge in [0.15, 0.2) is 0 Å². The summed E-state index contributed by atoms with van der Waals surface area (Å²) in [6.45, 7) is 3.08. The molecule has 2 aliphatic carbocycles. The maximum Gasteiger partial charge on any atom is 0.407 e. The van der Waals surface area contributed by atoms with E-state index in [1.54, 1.807) is 4.90 Å². The van der Waals surface area contributed by atoms with Gasteiger partial charge in [-0.3, -0.25) is 9.59 Å². The number of fused-ring (bicyclic) bond motifs is 3. The molecule has 33 heavy (non-hydrogen) atoms. The van der Waals surface area contributed by atoms with Crippen molar-refractivity contribution in [1.82, 2.24) is 10.2 Å². The minimum atomic E-state index is -0.925. The molecule has 0 bridgehead atoms. The molecule has 1 saturated carbocycles. The van der Waals surface area contributed by atoms with Gasteiger partial charge in [0.1, 0.15) is 6.61 Å². The molecule has 2 N–H and O–H groups in total. The summed E-state index contributed by atoms with van der Waals surface area (Å²) in [4.78, 5) is 38.1. The highest BCUT2D eigenvalue weighted by Gasteiger charge is 2.51. The second-order valence-electron chi connectivity index (χ2n) is 8.90. The first-order chi connectivity index (χ1) is 15.9. The van der Waals surface area contributed by atoms with Crippen LogP contribution in [0.3, 0.4) is 0 Å². The van der Waals surface area contributed by atoms with Crippen molar-refractivity contribution in [2.75, 3.05) is 26.2 Å². The zero-order chi connectivity index (χ0) is 23.4. The minimum absolute atomic E-state index is 0.0178. The van der Waals surface area contributed by atoms with Crippen molar-refractivity contribution in [3.05, 3.63) is 59.7 Å². The maximum atomic E-state index is 13.0. The fraction of sp³-hybridized carbons (Fsp3) is 0.423. The van der Waals surface area contributed by atoms with E-state index in [0.29, 0.717) is 19.4 Å². The Morgan fingerprint density at radius 2 is 1.64 bits per heavy atom. The third kappa shape index (κ3) is 4.87. The summed E-state index contributed by atoms with van der Waals surface area (Å²) in [7, 11) is 0. The highest BCUT2D eigenvalue weighted by Crippen LogP contribution is 2.47. The van der Waals surface area contributed by atoms with Crippen LogP contribution in [0.15, 0.2) is 48.5 Å². The first kappa shape index (κ1) is 22.8. The molecule has 2 aliphatic rings. The Balaban J connectivity index is 1.33. The second-order valence-corrected chi connectivity index (χ2v) is 8.90. The van der Waals surface area contributed by atoms with Gasteiger partial charge in [0.25, 0.3) is 0 Å². The molecule has 0 atom stereocenters. The molecule has 0 heterocycles. The quantitative estimate of drug-likeness (QED) is 0.570. The first-order valence-corrected chi connectivity index (χ1v) is 11.6. The lowest BCUT2D eigenvalue weighted by molar-refractivity contribution is -0.140. The summed E-state index contributed by atoms with van der Waals surface area (Å²) in [5, 5.41) is 11.7. The number of amides is 2. The average Bonchev–Trinajstić information content (AvgIpc) is 3.55. The normalized spacial score (nSPS) is 15.3. The van der Waals surface area contributed by atoms with E-state index in [-0.39, 0.29) is 37.9 Å². The molecule has 0 radical (unpaired) electrons. The van der Waals surface area contributed by atoms with Crippen LogP contribution in [-0.2, 0) is 14.3 Å². The van der Waals surface area contributed by atoms with Crippen molar-refractivity contribution in [3.63, 3.8) is 0 Å². The van der Waals surface area contributed by atoms with Crippen LogP contribution in [0.5, 0.6) is 0 Å². The van der Waals surface area contributed by atoms with Crippen molar-refractivity contribution < 1.29 is 24.2 Å². The van der Waals surface area contributed by atoms with Crippen LogP contribution >= 0.6 is 0 Å². The van der Waals surface area contributed by atoms with Crippen LogP contribution in [0.2, 0.25) is 0 Å². The lowest BCUT2D eigenvalue weighted by atomic mass is 9.98. The highest BCUT2D eigenvalue weighted by atomic mass is 16.5. The first-order valence-electron chi connectivity index (χ1n) is 11.6. The Morgan fingerprint density at radius 3 is 2.18 bits per heavy atom. The molecule has 2 amide bonds. The van der Waals surface area contributed by atoms with E-state index in [1.165, 1.54) is 11.1 Å². The fourth-order valence-corrected chi connectivity index (χ4v) is 4.66. The molecule has 4 rings (SSSR count). The third-order valence-electron chi connectivity index (χ3n) is 6.60. The third-order valence-corrected chi connectivity index (χ3v) is 6.60. The van der Waals surface area contributed by atoms with Gasteiger partial charge >= 0.3 is 12.1 Å². The largest absolute Gasteiger partial charge is 0.481 e. The molecule has 1 fully saturated rings. The summed E-state index contributed by atoms with van der Waals surface area (Å²) in [6, 6.07) is 16.3. The second kappa shape index (κ2) is 9.65. The van der Waals surface area contributed by atoms with Gasteiger partial charge in [-0.25, -0.2) is 4.79 Å². The molecular weight excluding hydrogens is 420 g/mol. The van der Waals surface area contributed by atoms with Crippen molar-refractivity contribution in [3.8, 4) is 11.1 Å². The van der Waals surface area contributed by atoms with Crippen LogP contribution in [0, 0.1) is 5.41 Å². The number of rotatable bonds is 10. The van der Waals surface area contributed by atoms with Gasteiger partial charge in [-0.1, -0.05) is 55.5 Å². The van der Waals surface area contributed by atoms with Crippen LogP contribution in [0.4, 0.5) is 4.79 Å². The zero-order valence-corrected chi connectivity index (χ0v) is 18.9. The van der Waals surface area contributed by atoms with E-state index in [9.17, 15) is 14.4 Å². The summed E-state index contributed by atoms with van der Waals surface area (Å²) in [5.74, 6) is -1.02. The minimum Gasteiger partial charge on any atom is -0.481 e. The summed E-state index contributed by atoms with van der Waals surface area (Å²) >= 11 is 0. The maximum absolute atomic E-state index is 13.0. The number of nitrogens with zero attached hydrogens (tertiary/aromatic N) is 1. The number of ether oxygens (including phenoxy) is 1. The standard InChI is InChI=1S/C26H30N2O5/c1-2-14-28(15-11-23(29)30)24(31)26(12-13-26)17-27-25(32)33-16-22-20-9-5-3-7-18(20)19-8-4-6-10-21(19)22/h3-10,22H,2,11-17H2,1H3,(H,27,32)(H,29,30). The highest BCUT2D eigenvalue weighted by molar-refractivity contribution is 5.86. The lowest BCUT2D eigenvalue weighted by Gasteiger charge is -2.27. The van der Waals surface area contributed by atoms with E-state index >= 15 is 0 Å². The average molecular weight is 451 g/mol. The Morgan fingerprint density at radius 1 is 1.03 bits per heavy atom. The van der Waals surface area contributed by atoms with Gasteiger partial charge in [-0.15, -0.1) is 0 Å². The van der Waals surface area contributed by atoms with Crippen molar-refractivity contribution in [2.24, 2.45) is 5.41 Å². The monoisotopic (exact) mass is 450 g/mol. The number of nitrogens with one attached hydrogen (secondary N) is 1. The Hall–Kier alpha value is -3.35. The number of aliphatic carboxylic acids is 1. The number of hydrogen-bond acceptors (Lipinski definition) is 4. The topological polar surface area (TPSA) is 95.9 Å². The predicted molar refractivity (Wildman–Crippen MR) is 124 cm³/mol. The zero-order valence-electron chi connectivity index (χ0n) is 18.9. The SMILES string of the molecule is CCCN(CCC(=O)O)C(=O)C1(CNC(=O)OCC2c3ccccc3-c3ccccc32)CC1. The molecule has 0 aromatic heterocycles. The van der Waals surface area contributed by atoms with E-state index in [4.69, 9.17) is 9.84 Å². The number of carbonyl (C=O) groups is 3. The number of benzene rings is 2. The Labute approximate surface area is 193 Å². The number of hydrogen-bond donors (Lipinski definition) is 2. The Kier molecular flexibility index (Phi) is 6.67. The van der Waals surface area contributed by atoms with Crippen LogP contribution in [0.1, 0.15) is 49.7 Å². The van der Waals surface area contributed by atoms with Gasteiger partial charge in [0.2, 0.25) is 5.91 Å². The molecular formula is C26H30N2O5. The molecule has 2 aromatic carbocycles. The van der Waals surface area contributed by atoms with E-state index in [2.05, 4.69) is 29.6 Å². The van der Waals surface area contributed by atoms with Gasteiger partial charge in [-0.2, -0.15) is 0 Å².